The third-order valence-electron chi connectivity index (χ3n) is 3.57. The van der Waals surface area contributed by atoms with Crippen molar-refractivity contribution in [3.8, 4) is 0 Å². The van der Waals surface area contributed by atoms with E-state index in [0.29, 0.717) is 5.69 Å². The van der Waals surface area contributed by atoms with Crippen molar-refractivity contribution >= 4 is 15.7 Å². The fourth-order valence-corrected chi connectivity index (χ4v) is 3.39. The third-order valence-corrected chi connectivity index (χ3v) is 4.53. The van der Waals surface area contributed by atoms with Crippen LogP contribution in [0.1, 0.15) is 12.5 Å². The third kappa shape index (κ3) is 2.41. The van der Waals surface area contributed by atoms with Gasteiger partial charge in [0.25, 0.3) is 0 Å². The topological polar surface area (TPSA) is 81.2 Å². The zero-order valence-corrected chi connectivity index (χ0v) is 11.7. The number of nitrogens with two attached hydrogens (primary N) is 1. The van der Waals surface area contributed by atoms with E-state index in [1.165, 1.54) is 0 Å². The molecule has 2 heterocycles. The summed E-state index contributed by atoms with van der Waals surface area (Å²) in [4.78, 5) is 2.23. The Morgan fingerprint density at radius 2 is 2.05 bits per heavy atom. The van der Waals surface area contributed by atoms with Gasteiger partial charge < -0.3 is 4.90 Å². The van der Waals surface area contributed by atoms with Crippen molar-refractivity contribution in [2.45, 2.75) is 17.4 Å². The van der Waals surface area contributed by atoms with Crippen LogP contribution in [0.5, 0.6) is 0 Å². The molecule has 106 valence electrons. The summed E-state index contributed by atoms with van der Waals surface area (Å²) < 4.78 is 25.2. The molecular weight excluding hydrogens is 276 g/mol. The monoisotopic (exact) mass is 292 g/mol. The van der Waals surface area contributed by atoms with Gasteiger partial charge in [-0.25, -0.2) is 13.6 Å². The van der Waals surface area contributed by atoms with Gasteiger partial charge in [-0.1, -0.05) is 12.1 Å². The highest BCUT2D eigenvalue weighted by Crippen LogP contribution is 2.30. The average molecular weight is 292 g/mol. The predicted octanol–water partition coefficient (Wildman–Crippen LogP) is 0.982. The lowest BCUT2D eigenvalue weighted by atomic mass is 10.3. The quantitative estimate of drug-likeness (QED) is 0.914. The number of hydrogen-bond acceptors (Lipinski definition) is 4. The van der Waals surface area contributed by atoms with E-state index in [2.05, 4.69) is 5.10 Å². The molecule has 0 saturated carbocycles. The van der Waals surface area contributed by atoms with Crippen LogP contribution in [0.15, 0.2) is 47.6 Å². The molecule has 1 atom stereocenters. The van der Waals surface area contributed by atoms with Crippen LogP contribution in [-0.2, 0) is 10.0 Å². The second-order valence-corrected chi connectivity index (χ2v) is 6.42. The van der Waals surface area contributed by atoms with Crippen molar-refractivity contribution in [2.24, 2.45) is 5.14 Å². The molecule has 3 rings (SSSR count). The zero-order chi connectivity index (χ0) is 14.2. The number of sulfonamides is 1. The first kappa shape index (κ1) is 13.1. The van der Waals surface area contributed by atoms with Gasteiger partial charge in [-0.3, -0.25) is 4.68 Å². The van der Waals surface area contributed by atoms with E-state index in [-0.39, 0.29) is 10.9 Å². The van der Waals surface area contributed by atoms with Gasteiger partial charge in [-0.05, 0) is 24.6 Å². The molecule has 20 heavy (non-hydrogen) atoms. The fraction of sp³-hybridized carbons (Fsp3) is 0.308. The number of benzene rings is 1. The molecule has 6 nitrogen and oxygen atoms in total. The average Bonchev–Trinajstić information content (AvgIpc) is 3.09. The minimum absolute atomic E-state index is 0.182. The lowest BCUT2D eigenvalue weighted by Crippen LogP contribution is -2.24. The summed E-state index contributed by atoms with van der Waals surface area (Å²) in [5, 5.41) is 9.53. The van der Waals surface area contributed by atoms with Gasteiger partial charge in [0.1, 0.15) is 4.90 Å². The molecule has 1 aromatic heterocycles. The standard InChI is InChI=1S/C13H16N4O2S/c14-20(18,19)13-5-2-1-4-12(13)16-9-6-11(10-16)17-8-3-7-15-17/h1-5,7-8,11H,6,9-10H2,(H2,14,18,19). The predicted molar refractivity (Wildman–Crippen MR) is 75.9 cm³/mol. The molecule has 2 aromatic rings. The Hall–Kier alpha value is -1.86. The van der Waals surface area contributed by atoms with Crippen LogP contribution in [0.4, 0.5) is 5.69 Å². The molecule has 0 radical (unpaired) electrons. The molecule has 1 aromatic carbocycles. The number of aromatic nitrogens is 2. The summed E-state index contributed by atoms with van der Waals surface area (Å²) >= 11 is 0. The van der Waals surface area contributed by atoms with Crippen LogP contribution in [0, 0.1) is 0 Å². The molecule has 1 saturated heterocycles. The largest absolute Gasteiger partial charge is 0.368 e. The Kier molecular flexibility index (Phi) is 3.23. The Labute approximate surface area is 117 Å². The Bertz CT molecular complexity index is 697. The number of hydrogen-bond donors (Lipinski definition) is 1. The first-order chi connectivity index (χ1) is 9.55. The van der Waals surface area contributed by atoms with E-state index in [0.717, 1.165) is 19.5 Å². The Morgan fingerprint density at radius 3 is 2.75 bits per heavy atom. The summed E-state index contributed by atoms with van der Waals surface area (Å²) in [6, 6.07) is 9.01. The van der Waals surface area contributed by atoms with Crippen molar-refractivity contribution in [3.63, 3.8) is 0 Å². The second kappa shape index (κ2) is 4.92. The van der Waals surface area contributed by atoms with Crippen molar-refractivity contribution in [3.05, 3.63) is 42.7 Å². The van der Waals surface area contributed by atoms with Crippen LogP contribution < -0.4 is 10.0 Å². The molecule has 1 unspecified atom stereocenters. The van der Waals surface area contributed by atoms with Gasteiger partial charge in [-0.15, -0.1) is 0 Å². The summed E-state index contributed by atoms with van der Waals surface area (Å²) in [5.74, 6) is 0. The zero-order valence-electron chi connectivity index (χ0n) is 10.9. The number of rotatable bonds is 3. The van der Waals surface area contributed by atoms with Crippen molar-refractivity contribution in [1.82, 2.24) is 9.78 Å². The molecule has 0 amide bonds. The van der Waals surface area contributed by atoms with E-state index < -0.39 is 10.0 Å². The summed E-state index contributed by atoms with van der Waals surface area (Å²) in [7, 11) is -3.71. The van der Waals surface area contributed by atoms with Gasteiger partial charge in [0.05, 0.1) is 11.7 Å². The summed E-state index contributed by atoms with van der Waals surface area (Å²) in [6.45, 7) is 1.52. The van der Waals surface area contributed by atoms with Crippen LogP contribution in [0.2, 0.25) is 0 Å². The molecule has 1 aliphatic rings. The van der Waals surface area contributed by atoms with Crippen LogP contribution in [0.25, 0.3) is 0 Å². The summed E-state index contributed by atoms with van der Waals surface area (Å²) in [5.41, 5.74) is 0.671. The highest BCUT2D eigenvalue weighted by Gasteiger charge is 2.27. The molecule has 1 aliphatic heterocycles. The van der Waals surface area contributed by atoms with E-state index in [4.69, 9.17) is 5.14 Å². The minimum atomic E-state index is -3.71. The highest BCUT2D eigenvalue weighted by molar-refractivity contribution is 7.89. The van der Waals surface area contributed by atoms with Gasteiger partial charge in [0, 0.05) is 25.5 Å². The van der Waals surface area contributed by atoms with Crippen LogP contribution in [-0.4, -0.2) is 31.3 Å². The molecule has 0 bridgehead atoms. The van der Waals surface area contributed by atoms with Gasteiger partial charge in [0.2, 0.25) is 10.0 Å². The lowest BCUT2D eigenvalue weighted by Gasteiger charge is -2.21. The molecule has 0 aliphatic carbocycles. The molecule has 2 N–H and O–H groups in total. The Balaban J connectivity index is 1.89. The number of nitrogens with zero attached hydrogens (tertiary/aromatic N) is 3. The summed E-state index contributed by atoms with van der Waals surface area (Å²) in [6.07, 6.45) is 4.61. The molecule has 1 fully saturated rings. The van der Waals surface area contributed by atoms with Crippen molar-refractivity contribution < 1.29 is 8.42 Å². The van der Waals surface area contributed by atoms with Crippen molar-refractivity contribution in [1.29, 1.82) is 0 Å². The van der Waals surface area contributed by atoms with Gasteiger partial charge in [0.15, 0.2) is 0 Å². The van der Waals surface area contributed by atoms with Crippen LogP contribution in [0.3, 0.4) is 0 Å². The SMILES string of the molecule is NS(=O)(=O)c1ccccc1N1CCC(n2cccn2)C1. The maximum atomic E-state index is 11.7. The van der Waals surface area contributed by atoms with E-state index in [1.54, 1.807) is 24.4 Å². The first-order valence-corrected chi connectivity index (χ1v) is 7.96. The Morgan fingerprint density at radius 1 is 1.25 bits per heavy atom. The minimum Gasteiger partial charge on any atom is -0.368 e. The molecular formula is C13H16N4O2S. The maximum absolute atomic E-state index is 11.7. The second-order valence-electron chi connectivity index (χ2n) is 4.89. The van der Waals surface area contributed by atoms with Crippen LogP contribution >= 0.6 is 0 Å². The lowest BCUT2D eigenvalue weighted by molar-refractivity contribution is 0.494. The van der Waals surface area contributed by atoms with E-state index in [9.17, 15) is 8.42 Å². The molecule has 0 spiro atoms. The highest BCUT2D eigenvalue weighted by atomic mass is 32.2. The normalized spacial score (nSPS) is 19.4. The molecule has 7 heteroatoms. The van der Waals surface area contributed by atoms with Crippen molar-refractivity contribution in [2.75, 3.05) is 18.0 Å². The fourth-order valence-electron chi connectivity index (χ4n) is 2.63. The van der Waals surface area contributed by atoms with E-state index >= 15 is 0 Å². The smallest absolute Gasteiger partial charge is 0.240 e. The van der Waals surface area contributed by atoms with Gasteiger partial charge in [-0.2, -0.15) is 5.10 Å². The van der Waals surface area contributed by atoms with Gasteiger partial charge >= 0.3 is 0 Å². The first-order valence-electron chi connectivity index (χ1n) is 6.41. The van der Waals surface area contributed by atoms with E-state index in [1.807, 2.05) is 27.9 Å². The number of para-hydroxylation sites is 1. The number of primary sulfonamides is 1. The number of anilines is 1. The maximum Gasteiger partial charge on any atom is 0.240 e.